The Hall–Kier alpha value is -5.80. The van der Waals surface area contributed by atoms with Crippen LogP contribution in [0.1, 0.15) is 47.8 Å². The predicted molar refractivity (Wildman–Crippen MR) is 170 cm³/mol. The van der Waals surface area contributed by atoms with Crippen LogP contribution in [0.25, 0.3) is 11.0 Å². The molecule has 5 aromatic rings. The van der Waals surface area contributed by atoms with E-state index in [1.54, 1.807) is 73.0 Å². The van der Waals surface area contributed by atoms with Gasteiger partial charge >= 0.3 is 17.9 Å². The molecule has 14 nitrogen and oxygen atoms in total. The number of ether oxygens (including phenoxy) is 4. The summed E-state index contributed by atoms with van der Waals surface area (Å²) in [6.45, 7) is -0.456. The third-order valence-electron chi connectivity index (χ3n) is 7.39. The zero-order valence-corrected chi connectivity index (χ0v) is 26.0. The number of aromatic amines is 1. The zero-order valence-electron chi connectivity index (χ0n) is 25.2. The average Bonchev–Trinajstić information content (AvgIpc) is 3.66. The van der Waals surface area contributed by atoms with E-state index in [0.29, 0.717) is 0 Å². The number of nitrogens with two attached hydrogens (primary N) is 1. The Balaban J connectivity index is 1.45. The van der Waals surface area contributed by atoms with Gasteiger partial charge in [-0.15, -0.1) is 0 Å². The second-order valence-corrected chi connectivity index (χ2v) is 11.2. The number of benzene rings is 3. The molecule has 6 rings (SSSR count). The average molecular weight is 670 g/mol. The molecule has 1 amide bonds. The molecule has 244 valence electrons. The highest BCUT2D eigenvalue weighted by molar-refractivity contribution is 7.98. The highest BCUT2D eigenvalue weighted by Crippen LogP contribution is 2.37. The molecule has 0 aliphatic carbocycles. The van der Waals surface area contributed by atoms with E-state index in [2.05, 4.69) is 15.1 Å². The number of hydrogen-bond donors (Lipinski definition) is 2. The third-order valence-corrected chi connectivity index (χ3v) is 7.97. The van der Waals surface area contributed by atoms with Gasteiger partial charge in [0.15, 0.2) is 34.9 Å². The van der Waals surface area contributed by atoms with Crippen molar-refractivity contribution >= 4 is 46.6 Å². The summed E-state index contributed by atoms with van der Waals surface area (Å²) in [6, 6.07) is 24.3. The number of rotatable bonds is 10. The Morgan fingerprint density at radius 2 is 1.35 bits per heavy atom. The number of esters is 3. The summed E-state index contributed by atoms with van der Waals surface area (Å²) in [5.74, 6) is -3.31. The molecule has 1 fully saturated rings. The number of H-pyrrole nitrogens is 1. The SMILES string of the molecule is CSc1nc2c(c(C(N)=O)nn2[C@@H]2O[C@H](COC(=O)c3ccccc3)[C@@H](OC(=O)c3ccccc3)[C@H]2OC(=O)c2ccccc2)c(=O)[nH]1. The fourth-order valence-electron chi connectivity index (χ4n) is 5.13. The summed E-state index contributed by atoms with van der Waals surface area (Å²) in [4.78, 5) is 72.3. The van der Waals surface area contributed by atoms with Gasteiger partial charge in [-0.1, -0.05) is 66.4 Å². The van der Waals surface area contributed by atoms with Gasteiger partial charge < -0.3 is 29.7 Å². The molecule has 15 heteroatoms. The zero-order chi connectivity index (χ0) is 33.8. The van der Waals surface area contributed by atoms with Crippen LogP contribution in [0.5, 0.6) is 0 Å². The molecule has 48 heavy (non-hydrogen) atoms. The van der Waals surface area contributed by atoms with Crippen LogP contribution in [0, 0.1) is 0 Å². The van der Waals surface area contributed by atoms with Gasteiger partial charge in [-0.3, -0.25) is 9.59 Å². The topological polar surface area (TPSA) is 195 Å². The van der Waals surface area contributed by atoms with Gasteiger partial charge in [-0.2, -0.15) is 5.10 Å². The Morgan fingerprint density at radius 1 is 0.833 bits per heavy atom. The van der Waals surface area contributed by atoms with Crippen molar-refractivity contribution in [2.75, 3.05) is 12.9 Å². The normalized spacial score (nSPS) is 18.7. The first-order chi connectivity index (χ1) is 23.2. The smallest absolute Gasteiger partial charge is 0.338 e. The fraction of sp³-hybridized carbons (Fsp3) is 0.182. The lowest BCUT2D eigenvalue weighted by atomic mass is 10.1. The van der Waals surface area contributed by atoms with E-state index in [-0.39, 0.29) is 32.9 Å². The van der Waals surface area contributed by atoms with Gasteiger partial charge in [0, 0.05) is 0 Å². The van der Waals surface area contributed by atoms with Gasteiger partial charge in [-0.25, -0.2) is 24.0 Å². The van der Waals surface area contributed by atoms with Gasteiger partial charge in [0.25, 0.3) is 11.5 Å². The summed E-state index contributed by atoms with van der Waals surface area (Å²) in [6.07, 6.45) is -3.87. The van der Waals surface area contributed by atoms with Gasteiger partial charge in [-0.05, 0) is 42.7 Å². The van der Waals surface area contributed by atoms with Crippen molar-refractivity contribution in [3.8, 4) is 0 Å². The number of amides is 1. The molecule has 3 N–H and O–H groups in total. The van der Waals surface area contributed by atoms with Crippen molar-refractivity contribution < 1.29 is 38.1 Å². The maximum atomic E-state index is 13.5. The fourth-order valence-corrected chi connectivity index (χ4v) is 5.50. The van der Waals surface area contributed by atoms with Crippen LogP contribution < -0.4 is 11.3 Å². The first kappa shape index (κ1) is 32.2. The highest BCUT2D eigenvalue weighted by atomic mass is 32.2. The molecular formula is C33H27N5O9S. The number of hydrogen-bond acceptors (Lipinski definition) is 12. The maximum Gasteiger partial charge on any atom is 0.338 e. The van der Waals surface area contributed by atoms with E-state index in [9.17, 15) is 24.0 Å². The van der Waals surface area contributed by atoms with E-state index >= 15 is 0 Å². The van der Waals surface area contributed by atoms with Crippen molar-refractivity contribution in [2.24, 2.45) is 5.73 Å². The lowest BCUT2D eigenvalue weighted by Gasteiger charge is -2.24. The lowest BCUT2D eigenvalue weighted by Crippen LogP contribution is -2.41. The Kier molecular flexibility index (Phi) is 9.31. The van der Waals surface area contributed by atoms with Crippen molar-refractivity contribution in [1.29, 1.82) is 0 Å². The number of primary amides is 1. The molecule has 1 saturated heterocycles. The minimum atomic E-state index is -1.46. The van der Waals surface area contributed by atoms with E-state index in [1.807, 2.05) is 0 Å². The molecule has 0 bridgehead atoms. The Labute approximate surface area is 276 Å². The molecule has 0 saturated carbocycles. The number of thioether (sulfide) groups is 1. The van der Waals surface area contributed by atoms with Crippen molar-refractivity contribution in [3.63, 3.8) is 0 Å². The first-order valence-corrected chi connectivity index (χ1v) is 15.7. The van der Waals surface area contributed by atoms with Crippen LogP contribution in [0.4, 0.5) is 0 Å². The van der Waals surface area contributed by atoms with E-state index in [4.69, 9.17) is 24.7 Å². The van der Waals surface area contributed by atoms with E-state index in [0.717, 1.165) is 16.4 Å². The minimum Gasteiger partial charge on any atom is -0.459 e. The maximum absolute atomic E-state index is 13.5. The predicted octanol–water partition coefficient (Wildman–Crippen LogP) is 3.15. The number of aromatic nitrogens is 4. The van der Waals surface area contributed by atoms with Gasteiger partial charge in [0.05, 0.1) is 16.7 Å². The minimum absolute atomic E-state index is 0.113. The largest absolute Gasteiger partial charge is 0.459 e. The van der Waals surface area contributed by atoms with Crippen LogP contribution >= 0.6 is 11.8 Å². The Bertz CT molecular complexity index is 2040. The summed E-state index contributed by atoms with van der Waals surface area (Å²) >= 11 is 1.11. The standard InChI is InChI=1S/C33H27N5O9S/c1-48-33-35-27-22(28(40)36-33)23(26(34)39)37-38(27)29-25(47-32(43)20-15-9-4-10-16-20)24(46-31(42)19-13-7-3-8-14-19)21(45-29)17-44-30(41)18-11-5-2-6-12-18/h2-16,21,24-25,29H,17H2,1H3,(H2,34,39)(H,35,36,40)/t21-,24-,25-,29-/m1/s1. The lowest BCUT2D eigenvalue weighted by molar-refractivity contribution is -0.0655. The van der Waals surface area contributed by atoms with Crippen LogP contribution in [0.2, 0.25) is 0 Å². The van der Waals surface area contributed by atoms with Gasteiger partial charge in [0.1, 0.15) is 18.1 Å². The second-order valence-electron chi connectivity index (χ2n) is 10.4. The van der Waals surface area contributed by atoms with Crippen molar-refractivity contribution in [3.05, 3.63) is 124 Å². The molecule has 4 atom stereocenters. The molecule has 1 aliphatic heterocycles. The monoisotopic (exact) mass is 669 g/mol. The number of carbonyl (C=O) groups excluding carboxylic acids is 4. The number of nitrogens with one attached hydrogen (secondary N) is 1. The Morgan fingerprint density at radius 3 is 1.88 bits per heavy atom. The van der Waals surface area contributed by atoms with Crippen LogP contribution in [0.3, 0.4) is 0 Å². The molecule has 0 unspecified atom stereocenters. The summed E-state index contributed by atoms with van der Waals surface area (Å²) in [5.41, 5.74) is 4.98. The van der Waals surface area contributed by atoms with Crippen LogP contribution in [-0.4, -0.2) is 74.7 Å². The third kappa shape index (κ3) is 6.54. The quantitative estimate of drug-likeness (QED) is 0.0956. The summed E-state index contributed by atoms with van der Waals surface area (Å²) in [7, 11) is 0. The molecule has 1 aliphatic rings. The van der Waals surface area contributed by atoms with Crippen LogP contribution in [0.15, 0.2) is 101 Å². The van der Waals surface area contributed by atoms with Crippen molar-refractivity contribution in [2.45, 2.75) is 29.7 Å². The van der Waals surface area contributed by atoms with Crippen molar-refractivity contribution in [1.82, 2.24) is 19.7 Å². The second kappa shape index (κ2) is 13.9. The molecule has 3 aromatic carbocycles. The number of nitrogens with zero attached hydrogens (tertiary/aromatic N) is 3. The summed E-state index contributed by atoms with van der Waals surface area (Å²) in [5, 5.41) is 4.23. The molecular weight excluding hydrogens is 642 g/mol. The van der Waals surface area contributed by atoms with Gasteiger partial charge in [0.2, 0.25) is 0 Å². The summed E-state index contributed by atoms with van der Waals surface area (Å²) < 4.78 is 24.8. The first-order valence-electron chi connectivity index (χ1n) is 14.5. The van der Waals surface area contributed by atoms with E-state index in [1.165, 1.54) is 24.3 Å². The molecule has 0 radical (unpaired) electrons. The highest BCUT2D eigenvalue weighted by Gasteiger charge is 2.52. The van der Waals surface area contributed by atoms with E-state index < -0.39 is 66.2 Å². The molecule has 2 aromatic heterocycles. The number of fused-ring (bicyclic) bond motifs is 1. The number of carbonyl (C=O) groups is 4. The molecule has 3 heterocycles. The molecule has 0 spiro atoms. The van der Waals surface area contributed by atoms with Crippen LogP contribution in [-0.2, 0) is 18.9 Å².